The molecular formula is C26H36ClFN2O2. The molecule has 0 heterocycles. The molecule has 1 aromatic carbocycles. The number of hydrogen-bond donors (Lipinski definition) is 1. The summed E-state index contributed by atoms with van der Waals surface area (Å²) in [5.74, 6) is -0.147. The maximum atomic E-state index is 13.6. The minimum absolute atomic E-state index is 0.0724. The maximum absolute atomic E-state index is 13.6. The summed E-state index contributed by atoms with van der Waals surface area (Å²) >= 11 is 5.97. The molecule has 6 heteroatoms. The molecule has 0 radical (unpaired) electrons. The minimum Gasteiger partial charge on any atom is -0.351 e. The predicted molar refractivity (Wildman–Crippen MR) is 127 cm³/mol. The van der Waals surface area contributed by atoms with Crippen LogP contribution < -0.4 is 5.32 Å². The molecule has 2 amide bonds. The number of nitrogens with zero attached hydrogens (tertiary/aromatic N) is 1. The van der Waals surface area contributed by atoms with Gasteiger partial charge >= 0.3 is 0 Å². The highest BCUT2D eigenvalue weighted by Gasteiger charge is 2.35. The van der Waals surface area contributed by atoms with E-state index in [4.69, 9.17) is 11.6 Å². The van der Waals surface area contributed by atoms with Crippen molar-refractivity contribution in [3.63, 3.8) is 0 Å². The van der Waals surface area contributed by atoms with Crippen molar-refractivity contribution in [1.29, 1.82) is 0 Å². The number of rotatable bonds is 8. The number of carbonyl (C=O) groups is 2. The van der Waals surface area contributed by atoms with Crippen molar-refractivity contribution in [1.82, 2.24) is 10.2 Å². The molecule has 1 N–H and O–H groups in total. The van der Waals surface area contributed by atoms with Gasteiger partial charge in [-0.25, -0.2) is 4.39 Å². The Bertz CT molecular complexity index is 811. The van der Waals surface area contributed by atoms with Crippen LogP contribution in [0.1, 0.15) is 76.8 Å². The van der Waals surface area contributed by atoms with Gasteiger partial charge in [-0.15, -0.1) is 11.6 Å². The lowest BCUT2D eigenvalue weighted by Gasteiger charge is -2.37. The third-order valence-corrected chi connectivity index (χ3v) is 7.50. The van der Waals surface area contributed by atoms with Crippen LogP contribution in [0, 0.1) is 17.7 Å². The third-order valence-electron chi connectivity index (χ3n) is 7.27. The first-order chi connectivity index (χ1) is 15.4. The first kappa shape index (κ1) is 24.8. The normalized spacial score (nSPS) is 24.4. The van der Waals surface area contributed by atoms with Gasteiger partial charge in [0.1, 0.15) is 17.7 Å². The molecule has 2 aliphatic carbocycles. The topological polar surface area (TPSA) is 49.4 Å². The van der Waals surface area contributed by atoms with Gasteiger partial charge in [0, 0.05) is 12.6 Å². The highest BCUT2D eigenvalue weighted by Crippen LogP contribution is 2.31. The molecule has 4 nitrogen and oxygen atoms in total. The van der Waals surface area contributed by atoms with Gasteiger partial charge in [0.2, 0.25) is 11.8 Å². The number of alkyl halides is 1. The Morgan fingerprint density at radius 1 is 1.16 bits per heavy atom. The molecule has 1 fully saturated rings. The van der Waals surface area contributed by atoms with E-state index in [2.05, 4.69) is 25.2 Å². The molecule has 1 aromatic rings. The first-order valence-corrected chi connectivity index (χ1v) is 12.5. The Balaban J connectivity index is 1.85. The average Bonchev–Trinajstić information content (AvgIpc) is 2.80. The quantitative estimate of drug-likeness (QED) is 0.394. The van der Waals surface area contributed by atoms with Crippen molar-refractivity contribution in [2.45, 2.75) is 77.3 Å². The van der Waals surface area contributed by atoms with E-state index < -0.39 is 6.04 Å². The van der Waals surface area contributed by atoms with E-state index in [0.29, 0.717) is 23.9 Å². The van der Waals surface area contributed by atoms with E-state index in [-0.39, 0.29) is 29.6 Å². The van der Waals surface area contributed by atoms with E-state index in [1.807, 2.05) is 0 Å². The van der Waals surface area contributed by atoms with Crippen molar-refractivity contribution in [2.24, 2.45) is 11.8 Å². The molecular weight excluding hydrogens is 427 g/mol. The summed E-state index contributed by atoms with van der Waals surface area (Å²) in [6.45, 7) is 4.82. The Labute approximate surface area is 196 Å². The Morgan fingerprint density at radius 3 is 2.56 bits per heavy atom. The molecule has 1 saturated carbocycles. The molecule has 2 aliphatic rings. The van der Waals surface area contributed by atoms with Gasteiger partial charge < -0.3 is 10.2 Å². The lowest BCUT2D eigenvalue weighted by molar-refractivity contribution is -0.139. The number of amides is 2. The van der Waals surface area contributed by atoms with Crippen molar-refractivity contribution in [2.75, 3.05) is 12.4 Å². The molecule has 32 heavy (non-hydrogen) atoms. The van der Waals surface area contributed by atoms with Gasteiger partial charge in [-0.1, -0.05) is 50.5 Å². The summed E-state index contributed by atoms with van der Waals surface area (Å²) in [4.78, 5) is 28.1. The van der Waals surface area contributed by atoms with Crippen molar-refractivity contribution < 1.29 is 14.0 Å². The van der Waals surface area contributed by atoms with Crippen LogP contribution in [0.25, 0.3) is 0 Å². The Morgan fingerprint density at radius 2 is 1.91 bits per heavy atom. The monoisotopic (exact) mass is 462 g/mol. The van der Waals surface area contributed by atoms with Crippen molar-refractivity contribution >= 4 is 23.4 Å². The summed E-state index contributed by atoms with van der Waals surface area (Å²) in [5, 5.41) is 3.23. The second-order valence-electron chi connectivity index (χ2n) is 9.42. The fourth-order valence-electron chi connectivity index (χ4n) is 5.04. The van der Waals surface area contributed by atoms with E-state index in [1.54, 1.807) is 17.0 Å². The molecule has 0 unspecified atom stereocenters. The highest BCUT2D eigenvalue weighted by molar-refractivity contribution is 6.27. The van der Waals surface area contributed by atoms with Gasteiger partial charge in [0.15, 0.2) is 0 Å². The third kappa shape index (κ3) is 6.34. The number of carbonyl (C=O) groups excluding carboxylic acids is 2. The van der Waals surface area contributed by atoms with Crippen LogP contribution in [0.4, 0.5) is 4.39 Å². The molecule has 176 valence electrons. The summed E-state index contributed by atoms with van der Waals surface area (Å²) in [7, 11) is 0. The highest BCUT2D eigenvalue weighted by atomic mass is 35.5. The zero-order chi connectivity index (χ0) is 23.1. The molecule has 4 atom stereocenters. The number of benzene rings is 1. The van der Waals surface area contributed by atoms with Crippen LogP contribution in [0.5, 0.6) is 0 Å². The fraction of sp³-hybridized carbons (Fsp3) is 0.615. The standard InChI is InChI=1S/C26H36ClFN2O2/c1-18-7-6-10-23(19(18)2)29-26(32)25(21-11-13-22(28)14-12-21)30(24(31)17-27)16-15-20-8-4-3-5-9-20/h8,11-14,18-19,23,25H,3-7,9-10,15-17H2,1-2H3,(H,29,32)/t18-,19+,23+,25+/m1/s1. The predicted octanol–water partition coefficient (Wildman–Crippen LogP) is 5.77. The van der Waals surface area contributed by atoms with E-state index >= 15 is 0 Å². The average molecular weight is 463 g/mol. The lowest BCUT2D eigenvalue weighted by atomic mass is 9.78. The molecule has 0 aliphatic heterocycles. The molecule has 0 spiro atoms. The maximum Gasteiger partial charge on any atom is 0.247 e. The number of halogens is 2. The van der Waals surface area contributed by atoms with Gasteiger partial charge in [-0.3, -0.25) is 9.59 Å². The first-order valence-electron chi connectivity index (χ1n) is 12.0. The van der Waals surface area contributed by atoms with Crippen LogP contribution in [0.15, 0.2) is 35.9 Å². The van der Waals surface area contributed by atoms with Gasteiger partial charge in [-0.05, 0) is 68.1 Å². The second kappa shape index (κ2) is 11.8. The summed E-state index contributed by atoms with van der Waals surface area (Å²) in [6.07, 6.45) is 10.6. The van der Waals surface area contributed by atoms with Gasteiger partial charge in [-0.2, -0.15) is 0 Å². The Kier molecular flexibility index (Phi) is 9.15. The van der Waals surface area contributed by atoms with Crippen LogP contribution in [-0.4, -0.2) is 35.2 Å². The van der Waals surface area contributed by atoms with E-state index in [1.165, 1.54) is 30.5 Å². The lowest BCUT2D eigenvalue weighted by Crippen LogP contribution is -2.50. The second-order valence-corrected chi connectivity index (χ2v) is 9.68. The van der Waals surface area contributed by atoms with E-state index in [0.717, 1.165) is 38.5 Å². The van der Waals surface area contributed by atoms with Crippen LogP contribution >= 0.6 is 11.6 Å². The number of hydrogen-bond acceptors (Lipinski definition) is 2. The summed E-state index contributed by atoms with van der Waals surface area (Å²) in [5.41, 5.74) is 1.94. The summed E-state index contributed by atoms with van der Waals surface area (Å²) < 4.78 is 13.6. The van der Waals surface area contributed by atoms with Gasteiger partial charge in [0.05, 0.1) is 0 Å². The zero-order valence-electron chi connectivity index (χ0n) is 19.3. The smallest absolute Gasteiger partial charge is 0.247 e. The molecule has 3 rings (SSSR count). The van der Waals surface area contributed by atoms with E-state index in [9.17, 15) is 14.0 Å². The van der Waals surface area contributed by atoms with Crippen molar-refractivity contribution in [3.05, 3.63) is 47.3 Å². The molecule has 0 aromatic heterocycles. The van der Waals surface area contributed by atoms with Crippen LogP contribution in [-0.2, 0) is 9.59 Å². The minimum atomic E-state index is -0.824. The largest absolute Gasteiger partial charge is 0.351 e. The Hall–Kier alpha value is -1.88. The van der Waals surface area contributed by atoms with Gasteiger partial charge in [0.25, 0.3) is 0 Å². The molecule has 0 saturated heterocycles. The van der Waals surface area contributed by atoms with Crippen LogP contribution in [0.2, 0.25) is 0 Å². The zero-order valence-corrected chi connectivity index (χ0v) is 20.0. The van der Waals surface area contributed by atoms with Crippen LogP contribution in [0.3, 0.4) is 0 Å². The summed E-state index contributed by atoms with van der Waals surface area (Å²) in [6, 6.07) is 5.13. The number of allylic oxidation sites excluding steroid dienone is 1. The SMILES string of the molecule is C[C@H]1[C@H](C)CCC[C@@H]1NC(=O)[C@H](c1ccc(F)cc1)N(CCC1=CCCCC1)C(=O)CCl. The van der Waals surface area contributed by atoms with Crippen molar-refractivity contribution in [3.8, 4) is 0 Å². The molecule has 0 bridgehead atoms. The fourth-order valence-corrected chi connectivity index (χ4v) is 5.19. The number of nitrogens with one attached hydrogen (secondary N) is 1.